The topological polar surface area (TPSA) is 29.1 Å². The maximum Gasteiger partial charge on any atom is 0.248 e. The fourth-order valence-corrected chi connectivity index (χ4v) is 1.52. The number of hydrogen-bond acceptors (Lipinski definition) is 2. The number of carbonyl (C=O) groups is 1. The summed E-state index contributed by atoms with van der Waals surface area (Å²) in [4.78, 5) is 12.6. The van der Waals surface area contributed by atoms with Crippen molar-refractivity contribution in [2.75, 3.05) is 11.6 Å². The molecule has 0 unspecified atom stereocenters. The molecule has 1 N–H and O–H groups in total. The molecule has 3 heteroatoms. The normalized spacial score (nSPS) is 11.1. The van der Waals surface area contributed by atoms with Gasteiger partial charge in [-0.15, -0.1) is 11.8 Å². The summed E-state index contributed by atoms with van der Waals surface area (Å²) in [6.45, 7) is 1.91. The minimum atomic E-state index is -0.116. The van der Waals surface area contributed by atoms with Gasteiger partial charge in [0.05, 0.1) is 0 Å². The number of nitrogens with one attached hydrogen (secondary N) is 1. The Morgan fingerprint density at radius 1 is 1.25 bits per heavy atom. The molecular formula is C13H15NOS. The molecule has 0 fully saturated rings. The van der Waals surface area contributed by atoms with Gasteiger partial charge in [-0.1, -0.05) is 18.2 Å². The quantitative estimate of drug-likeness (QED) is 0.490. The van der Waals surface area contributed by atoms with Gasteiger partial charge in [0.25, 0.3) is 0 Å². The molecule has 0 aliphatic carbocycles. The molecule has 0 aliphatic heterocycles. The van der Waals surface area contributed by atoms with Gasteiger partial charge >= 0.3 is 0 Å². The molecule has 84 valence electrons. The number of anilines is 1. The number of allylic oxidation sites excluding steroid dienone is 3. The fraction of sp³-hybridized carbons (Fsp3) is 0.154. The van der Waals surface area contributed by atoms with Crippen molar-refractivity contribution in [1.29, 1.82) is 0 Å². The lowest BCUT2D eigenvalue weighted by Crippen LogP contribution is -2.07. The lowest BCUT2D eigenvalue weighted by molar-refractivity contribution is -0.111. The van der Waals surface area contributed by atoms with Gasteiger partial charge in [0.2, 0.25) is 5.91 Å². The molecular weight excluding hydrogens is 218 g/mol. The maximum atomic E-state index is 11.4. The van der Waals surface area contributed by atoms with Gasteiger partial charge in [-0.2, -0.15) is 0 Å². The van der Waals surface area contributed by atoms with Crippen molar-refractivity contribution in [3.8, 4) is 0 Å². The first-order valence-electron chi connectivity index (χ1n) is 5.00. The number of benzene rings is 1. The minimum absolute atomic E-state index is 0.116. The molecule has 2 nitrogen and oxygen atoms in total. The second-order valence-corrected chi connectivity index (χ2v) is 3.98. The molecule has 0 bridgehead atoms. The van der Waals surface area contributed by atoms with Crippen molar-refractivity contribution in [3.63, 3.8) is 0 Å². The second kappa shape index (κ2) is 6.90. The summed E-state index contributed by atoms with van der Waals surface area (Å²) in [5.41, 5.74) is 0.813. The van der Waals surface area contributed by atoms with Gasteiger partial charge in [0, 0.05) is 16.7 Å². The van der Waals surface area contributed by atoms with Crippen LogP contribution in [-0.4, -0.2) is 12.2 Å². The minimum Gasteiger partial charge on any atom is -0.323 e. The first kappa shape index (κ1) is 12.6. The van der Waals surface area contributed by atoms with Crippen LogP contribution in [0.4, 0.5) is 5.69 Å². The van der Waals surface area contributed by atoms with E-state index in [9.17, 15) is 4.79 Å². The van der Waals surface area contributed by atoms with Crippen LogP contribution in [0.2, 0.25) is 0 Å². The predicted molar refractivity (Wildman–Crippen MR) is 70.8 cm³/mol. The van der Waals surface area contributed by atoms with Crippen LogP contribution in [0.1, 0.15) is 6.92 Å². The summed E-state index contributed by atoms with van der Waals surface area (Å²) in [5.74, 6) is -0.116. The maximum absolute atomic E-state index is 11.4. The van der Waals surface area contributed by atoms with Crippen molar-refractivity contribution < 1.29 is 4.79 Å². The molecule has 1 aromatic carbocycles. The van der Waals surface area contributed by atoms with Gasteiger partial charge in [0.1, 0.15) is 0 Å². The van der Waals surface area contributed by atoms with E-state index in [1.165, 1.54) is 11.0 Å². The van der Waals surface area contributed by atoms with E-state index in [1.54, 1.807) is 17.8 Å². The number of rotatable bonds is 4. The zero-order valence-electron chi connectivity index (χ0n) is 9.44. The van der Waals surface area contributed by atoms with Crippen LogP contribution in [0.15, 0.2) is 53.5 Å². The number of amides is 1. The van der Waals surface area contributed by atoms with Crippen molar-refractivity contribution in [2.24, 2.45) is 0 Å². The molecule has 0 aliphatic rings. The van der Waals surface area contributed by atoms with E-state index < -0.39 is 0 Å². The molecule has 1 amide bonds. The van der Waals surface area contributed by atoms with Crippen molar-refractivity contribution in [1.82, 2.24) is 0 Å². The van der Waals surface area contributed by atoms with Crippen molar-refractivity contribution in [2.45, 2.75) is 11.8 Å². The van der Waals surface area contributed by atoms with E-state index in [0.717, 1.165) is 5.69 Å². The summed E-state index contributed by atoms with van der Waals surface area (Å²) in [6, 6.07) is 7.76. The average Bonchev–Trinajstić information content (AvgIpc) is 2.30. The second-order valence-electron chi connectivity index (χ2n) is 3.10. The lowest BCUT2D eigenvalue weighted by Gasteiger charge is -2.02. The summed E-state index contributed by atoms with van der Waals surface area (Å²) in [6.07, 6.45) is 8.93. The number of thioether (sulfide) groups is 1. The third kappa shape index (κ3) is 4.36. The van der Waals surface area contributed by atoms with Gasteiger partial charge < -0.3 is 5.32 Å². The molecule has 0 radical (unpaired) electrons. The Hall–Kier alpha value is -1.48. The third-order valence-electron chi connectivity index (χ3n) is 1.91. The first-order chi connectivity index (χ1) is 7.76. The monoisotopic (exact) mass is 233 g/mol. The van der Waals surface area contributed by atoms with E-state index in [-0.39, 0.29) is 5.91 Å². The van der Waals surface area contributed by atoms with Gasteiger partial charge in [-0.05, 0) is 37.4 Å². The highest BCUT2D eigenvalue weighted by atomic mass is 32.2. The fourth-order valence-electron chi connectivity index (χ4n) is 1.11. The molecule has 1 rings (SSSR count). The standard InChI is InChI=1S/C13H15NOS/c1-3-4-5-6-13(15)14-11-7-9-12(16-2)10-8-11/h3-10H,1-2H3,(H,14,15). The average molecular weight is 233 g/mol. The summed E-state index contributed by atoms with van der Waals surface area (Å²) < 4.78 is 0. The van der Waals surface area contributed by atoms with Crippen LogP contribution in [0, 0.1) is 0 Å². The molecule has 0 saturated heterocycles. The number of hydrogen-bond donors (Lipinski definition) is 1. The van der Waals surface area contributed by atoms with Gasteiger partial charge in [-0.25, -0.2) is 0 Å². The molecule has 0 saturated carbocycles. The predicted octanol–water partition coefficient (Wildman–Crippen LogP) is 3.48. The zero-order chi connectivity index (χ0) is 11.8. The summed E-state index contributed by atoms with van der Waals surface area (Å²) >= 11 is 1.68. The van der Waals surface area contributed by atoms with Gasteiger partial charge in [-0.3, -0.25) is 4.79 Å². The van der Waals surface area contributed by atoms with Gasteiger partial charge in [0.15, 0.2) is 0 Å². The van der Waals surface area contributed by atoms with Crippen LogP contribution in [-0.2, 0) is 4.79 Å². The summed E-state index contributed by atoms with van der Waals surface area (Å²) in [5, 5.41) is 2.78. The number of carbonyl (C=O) groups excluding carboxylic acids is 1. The van der Waals surface area contributed by atoms with Crippen LogP contribution in [0.3, 0.4) is 0 Å². The Morgan fingerprint density at radius 3 is 2.50 bits per heavy atom. The van der Waals surface area contributed by atoms with Crippen LogP contribution < -0.4 is 5.32 Å². The van der Waals surface area contributed by atoms with E-state index in [2.05, 4.69) is 5.32 Å². The first-order valence-corrected chi connectivity index (χ1v) is 6.23. The smallest absolute Gasteiger partial charge is 0.248 e. The Kier molecular flexibility index (Phi) is 5.43. The highest BCUT2D eigenvalue weighted by Crippen LogP contribution is 2.17. The Morgan fingerprint density at radius 2 is 1.94 bits per heavy atom. The molecule has 0 atom stereocenters. The largest absolute Gasteiger partial charge is 0.323 e. The third-order valence-corrected chi connectivity index (χ3v) is 2.65. The van der Waals surface area contributed by atoms with Crippen LogP contribution in [0.5, 0.6) is 0 Å². The SMILES string of the molecule is CC=CC=CC(=O)Nc1ccc(SC)cc1. The molecule has 16 heavy (non-hydrogen) atoms. The molecule has 1 aromatic rings. The van der Waals surface area contributed by atoms with E-state index >= 15 is 0 Å². The molecule has 0 spiro atoms. The lowest BCUT2D eigenvalue weighted by atomic mass is 10.3. The van der Waals surface area contributed by atoms with E-state index in [1.807, 2.05) is 49.6 Å². The Labute approximate surface area is 100 Å². The zero-order valence-corrected chi connectivity index (χ0v) is 10.3. The van der Waals surface area contributed by atoms with Crippen LogP contribution in [0.25, 0.3) is 0 Å². The Bertz CT molecular complexity index is 393. The highest BCUT2D eigenvalue weighted by molar-refractivity contribution is 7.98. The van der Waals surface area contributed by atoms with E-state index in [0.29, 0.717) is 0 Å². The highest BCUT2D eigenvalue weighted by Gasteiger charge is 1.96. The molecule has 0 heterocycles. The Balaban J connectivity index is 2.56. The van der Waals surface area contributed by atoms with Crippen LogP contribution >= 0.6 is 11.8 Å². The van der Waals surface area contributed by atoms with E-state index in [4.69, 9.17) is 0 Å². The van der Waals surface area contributed by atoms with Crippen molar-refractivity contribution >= 4 is 23.4 Å². The summed E-state index contributed by atoms with van der Waals surface area (Å²) in [7, 11) is 0. The van der Waals surface area contributed by atoms with Crippen molar-refractivity contribution in [3.05, 3.63) is 48.6 Å². The molecule has 0 aromatic heterocycles.